The maximum absolute atomic E-state index is 15.3. The number of hydrogen-bond acceptors (Lipinski definition) is 4. The lowest BCUT2D eigenvalue weighted by atomic mass is 9.65. The first-order chi connectivity index (χ1) is 39.6. The van der Waals surface area contributed by atoms with E-state index in [1.165, 1.54) is 77.2 Å². The zero-order valence-electron chi connectivity index (χ0n) is 47.7. The summed E-state index contributed by atoms with van der Waals surface area (Å²) in [6, 6.07) is 45.0. The Morgan fingerprint density at radius 1 is 0.439 bits per heavy atom. The van der Waals surface area contributed by atoms with Gasteiger partial charge in [-0.2, -0.15) is 0 Å². The van der Waals surface area contributed by atoms with E-state index in [-0.39, 0.29) is 22.5 Å². The quantitative estimate of drug-likeness (QED) is 0.173. The lowest BCUT2D eigenvalue weighted by Gasteiger charge is -2.38. The number of hydrogen-bond donors (Lipinski definition) is 0. The average Bonchev–Trinajstić information content (AvgIpc) is 1.95. The molecule has 9 aromatic carbocycles. The van der Waals surface area contributed by atoms with Crippen molar-refractivity contribution in [3.63, 3.8) is 0 Å². The summed E-state index contributed by atoms with van der Waals surface area (Å²) < 4.78 is 19.8. The molecule has 0 radical (unpaired) electrons. The predicted molar refractivity (Wildman–Crippen MR) is 337 cm³/mol. The smallest absolute Gasteiger partial charge is 0.169 e. The van der Waals surface area contributed by atoms with E-state index < -0.39 is 5.41 Å². The highest BCUT2D eigenvalue weighted by molar-refractivity contribution is 6.42. The number of fused-ring (bicyclic) bond motifs is 24. The van der Waals surface area contributed by atoms with Crippen LogP contribution in [-0.4, -0.2) is 20.4 Å². The van der Waals surface area contributed by atoms with Crippen LogP contribution in [0.4, 0.5) is 0 Å². The number of aryl methyl sites for hydroxylation is 4. The molecular weight excluding hydrogens is 1000 g/mol. The van der Waals surface area contributed by atoms with Crippen molar-refractivity contribution < 1.29 is 18.4 Å². The molecule has 6 heterocycles. The molecule has 4 bridgehead atoms. The minimum atomic E-state index is -0.400. The van der Waals surface area contributed by atoms with Crippen LogP contribution in [0.25, 0.3) is 142 Å². The van der Waals surface area contributed by atoms with Gasteiger partial charge >= 0.3 is 0 Å². The number of carbonyl (C=O) groups excluding carboxylic acids is 2. The van der Waals surface area contributed by atoms with Crippen LogP contribution < -0.4 is 0 Å². The maximum Gasteiger partial charge on any atom is 0.169 e. The van der Waals surface area contributed by atoms with Gasteiger partial charge in [-0.05, 0) is 182 Å². The van der Waals surface area contributed by atoms with E-state index in [2.05, 4.69) is 186 Å². The molecule has 0 amide bonds. The molecule has 6 aliphatic rings. The molecule has 3 atom stereocenters. The number of aromatic nitrogens is 2. The molecule has 6 aliphatic carbocycles. The van der Waals surface area contributed by atoms with Gasteiger partial charge in [0.1, 0.15) is 22.3 Å². The number of Topliss-reactive ketones (excluding diaryl/α,β-unsaturated/α-hetero) is 2. The summed E-state index contributed by atoms with van der Waals surface area (Å²) >= 11 is 0. The number of benzene rings is 9. The number of furan rings is 2. The summed E-state index contributed by atoms with van der Waals surface area (Å²) in [5.74, 6) is 0.892. The van der Waals surface area contributed by atoms with Gasteiger partial charge in [-0.1, -0.05) is 100 Å². The van der Waals surface area contributed by atoms with Gasteiger partial charge in [0.15, 0.2) is 11.6 Å². The number of carbonyl (C=O) groups is 2. The van der Waals surface area contributed by atoms with E-state index >= 15 is 9.59 Å². The summed E-state index contributed by atoms with van der Waals surface area (Å²) in [5, 5.41) is 13.5. The van der Waals surface area contributed by atoms with Crippen molar-refractivity contribution in [1.82, 2.24) is 8.80 Å². The normalized spacial score (nSPS) is 23.0. The third kappa shape index (κ3) is 5.24. The molecule has 0 aliphatic heterocycles. The number of para-hydroxylation sites is 2. The van der Waals surface area contributed by atoms with Gasteiger partial charge in [0, 0.05) is 87.4 Å². The first-order valence-corrected chi connectivity index (χ1v) is 30.1. The van der Waals surface area contributed by atoms with Gasteiger partial charge < -0.3 is 17.6 Å². The molecule has 15 aromatic rings. The van der Waals surface area contributed by atoms with Crippen LogP contribution in [0.3, 0.4) is 0 Å². The maximum atomic E-state index is 15.3. The van der Waals surface area contributed by atoms with E-state index in [1.807, 2.05) is 0 Å². The second-order valence-corrected chi connectivity index (χ2v) is 27.2. The first-order valence-electron chi connectivity index (χ1n) is 30.1. The molecule has 21 rings (SSSR count). The first kappa shape index (κ1) is 46.2. The van der Waals surface area contributed by atoms with Crippen LogP contribution >= 0.6 is 0 Å². The van der Waals surface area contributed by atoms with E-state index in [9.17, 15) is 0 Å². The number of rotatable bonds is 2. The average molecular weight is 1070 g/mol. The Balaban J connectivity index is 1.08. The topological polar surface area (TPSA) is 69.2 Å². The summed E-state index contributed by atoms with van der Waals surface area (Å²) in [6.07, 6.45) is 6.70. The van der Waals surface area contributed by atoms with Gasteiger partial charge in [-0.3, -0.25) is 9.59 Å². The molecule has 3 unspecified atom stereocenters. The molecule has 6 heteroatoms. The van der Waals surface area contributed by atoms with E-state index in [0.717, 1.165) is 155 Å². The molecule has 0 saturated heterocycles. The third-order valence-corrected chi connectivity index (χ3v) is 22.5. The van der Waals surface area contributed by atoms with Gasteiger partial charge in [0.25, 0.3) is 0 Å². The minimum Gasteiger partial charge on any atom is -0.455 e. The van der Waals surface area contributed by atoms with Gasteiger partial charge in [-0.15, -0.1) is 0 Å². The predicted octanol–water partition coefficient (Wildman–Crippen LogP) is 20.3. The standard InChI is InChI=1S/C76H60N2O4/c1-36-15-13-16-37(2)58(36)66-60-46-29-50-44(70(79)41-23-24-76(50,8)35-40(41)5)31-52(46)77-54-33-49-55(34-48(54)64(68(60)77)71-62(66)42-19-9-11-21-56(42)81-71)78-53-32-45-51(74(6)25-27-75(7,28-26-74)73(45)80)30-47(53)61-67(59-38(3)17-14-18-39(59)4)63-43-20-10-12-22-57(43)82-72(63)65(49)69(61)78/h9-22,29-34,40-41H,23-28,35H2,1-8H3. The molecule has 0 N–H and O–H groups in total. The van der Waals surface area contributed by atoms with Crippen molar-refractivity contribution in [3.8, 4) is 22.3 Å². The molecule has 6 aromatic heterocycles. The van der Waals surface area contributed by atoms with Crippen LogP contribution in [0, 0.1) is 44.9 Å². The van der Waals surface area contributed by atoms with E-state index in [4.69, 9.17) is 8.83 Å². The molecule has 2 saturated carbocycles. The van der Waals surface area contributed by atoms with Gasteiger partial charge in [0.2, 0.25) is 0 Å². The van der Waals surface area contributed by atoms with Gasteiger partial charge in [0.05, 0.1) is 43.9 Å². The van der Waals surface area contributed by atoms with Crippen LogP contribution in [0.15, 0.2) is 130 Å². The lowest BCUT2D eigenvalue weighted by Crippen LogP contribution is -2.33. The number of nitrogens with zero attached hydrogens (tertiary/aromatic N) is 2. The second kappa shape index (κ2) is 14.8. The highest BCUT2D eigenvalue weighted by Gasteiger charge is 2.50. The second-order valence-electron chi connectivity index (χ2n) is 27.2. The molecule has 398 valence electrons. The fourth-order valence-corrected chi connectivity index (χ4v) is 18.4. The molecule has 2 fully saturated rings. The summed E-state index contributed by atoms with van der Waals surface area (Å²) in [6.45, 7) is 18.4. The summed E-state index contributed by atoms with van der Waals surface area (Å²) in [4.78, 5) is 30.5. The van der Waals surface area contributed by atoms with Crippen molar-refractivity contribution in [2.45, 2.75) is 111 Å². The zero-order valence-corrected chi connectivity index (χ0v) is 47.7. The SMILES string of the molecule is Cc1cccc(C)c1-c1c2c3ccccc3oc2c2c3cc4c(cc3n3c5cc6c(cc5c1c23)C1(C)CCC(C6=O)C(C)C1)c1c2oc3ccccc3c2c(-c2c(C)cccc2C)c2c3cc5c(cc3n4c21)C(=O)C1(C)CCC5(C)CC1. The summed E-state index contributed by atoms with van der Waals surface area (Å²) in [7, 11) is 0. The van der Waals surface area contributed by atoms with E-state index in [0.29, 0.717) is 11.7 Å². The fraction of sp³-hybridized carbons (Fsp3) is 0.263. The van der Waals surface area contributed by atoms with Crippen molar-refractivity contribution in [1.29, 1.82) is 0 Å². The molecular formula is C76H60N2O4. The van der Waals surface area contributed by atoms with Crippen LogP contribution in [-0.2, 0) is 10.8 Å². The highest BCUT2D eigenvalue weighted by atomic mass is 16.3. The van der Waals surface area contributed by atoms with Crippen LogP contribution in [0.1, 0.15) is 127 Å². The molecule has 0 spiro atoms. The van der Waals surface area contributed by atoms with Crippen molar-refractivity contribution in [3.05, 3.63) is 166 Å². The fourth-order valence-electron chi connectivity index (χ4n) is 18.4. The minimum absolute atomic E-state index is 0.00978. The lowest BCUT2D eigenvalue weighted by molar-refractivity contribution is 0.0731. The number of ketones is 2. The van der Waals surface area contributed by atoms with Crippen molar-refractivity contribution in [2.75, 3.05) is 0 Å². The Morgan fingerprint density at radius 3 is 1.38 bits per heavy atom. The summed E-state index contributed by atoms with van der Waals surface area (Å²) in [5.41, 5.74) is 23.1. The van der Waals surface area contributed by atoms with E-state index in [1.54, 1.807) is 0 Å². The van der Waals surface area contributed by atoms with Crippen LogP contribution in [0.2, 0.25) is 0 Å². The third-order valence-electron chi connectivity index (χ3n) is 22.5. The Bertz CT molecular complexity index is 5510. The van der Waals surface area contributed by atoms with Gasteiger partial charge in [-0.25, -0.2) is 0 Å². The highest BCUT2D eigenvalue weighted by Crippen LogP contribution is 2.60. The molecule has 6 nitrogen and oxygen atoms in total. The Morgan fingerprint density at radius 2 is 0.878 bits per heavy atom. The Hall–Kier alpha value is -8.48. The molecule has 82 heavy (non-hydrogen) atoms. The van der Waals surface area contributed by atoms with Crippen molar-refractivity contribution >= 4 is 132 Å². The monoisotopic (exact) mass is 1060 g/mol. The zero-order chi connectivity index (χ0) is 55.1. The Kier molecular flexibility index (Phi) is 8.31. The Labute approximate surface area is 472 Å². The van der Waals surface area contributed by atoms with Crippen molar-refractivity contribution in [2.24, 2.45) is 17.3 Å². The largest absolute Gasteiger partial charge is 0.455 e. The van der Waals surface area contributed by atoms with Crippen LogP contribution in [0.5, 0.6) is 0 Å².